The van der Waals surface area contributed by atoms with Gasteiger partial charge in [0.25, 0.3) is 0 Å². The Bertz CT molecular complexity index is 342. The van der Waals surface area contributed by atoms with Crippen molar-refractivity contribution in [3.63, 3.8) is 0 Å². The van der Waals surface area contributed by atoms with Crippen LogP contribution in [-0.2, 0) is 9.53 Å². The molecule has 0 atom stereocenters. The number of hydrogen-bond donors (Lipinski definition) is 2. The SMILES string of the molecule is CN(CCCC(=O)O)C(=O)N(C)CC1(O)CCOCC1. The van der Waals surface area contributed by atoms with Crippen molar-refractivity contribution in [3.05, 3.63) is 0 Å². The maximum absolute atomic E-state index is 12.1. The predicted molar refractivity (Wildman–Crippen MR) is 72.5 cm³/mol. The van der Waals surface area contributed by atoms with Gasteiger partial charge in [-0.15, -0.1) is 0 Å². The Morgan fingerprint density at radius 3 is 2.35 bits per heavy atom. The van der Waals surface area contributed by atoms with Crippen molar-refractivity contribution in [2.75, 3.05) is 40.4 Å². The summed E-state index contributed by atoms with van der Waals surface area (Å²) < 4.78 is 5.20. The Hall–Kier alpha value is -1.34. The number of ether oxygens (including phenoxy) is 1. The van der Waals surface area contributed by atoms with Crippen LogP contribution in [0.1, 0.15) is 25.7 Å². The standard InChI is InChI=1S/C13H24N2O5/c1-14(7-3-4-11(16)17)12(18)15(2)10-13(19)5-8-20-9-6-13/h19H,3-10H2,1-2H3,(H,16,17). The van der Waals surface area contributed by atoms with Crippen LogP contribution in [0.25, 0.3) is 0 Å². The highest BCUT2D eigenvalue weighted by Gasteiger charge is 2.32. The summed E-state index contributed by atoms with van der Waals surface area (Å²) in [4.78, 5) is 25.5. The van der Waals surface area contributed by atoms with Crippen molar-refractivity contribution in [3.8, 4) is 0 Å². The summed E-state index contributed by atoms with van der Waals surface area (Å²) in [6.45, 7) is 1.66. The largest absolute Gasteiger partial charge is 0.481 e. The Balaban J connectivity index is 2.39. The molecular weight excluding hydrogens is 264 g/mol. The lowest BCUT2D eigenvalue weighted by molar-refractivity contribution is -0.137. The molecule has 2 N–H and O–H groups in total. The summed E-state index contributed by atoms with van der Waals surface area (Å²) in [5.41, 5.74) is -0.884. The van der Waals surface area contributed by atoms with Gasteiger partial charge in [0.1, 0.15) is 0 Å². The molecule has 0 bridgehead atoms. The van der Waals surface area contributed by atoms with Crippen molar-refractivity contribution in [2.45, 2.75) is 31.3 Å². The molecule has 1 heterocycles. The maximum Gasteiger partial charge on any atom is 0.319 e. The van der Waals surface area contributed by atoms with E-state index in [0.717, 1.165) is 0 Å². The number of rotatable bonds is 6. The van der Waals surface area contributed by atoms with Gasteiger partial charge in [-0.05, 0) is 6.42 Å². The summed E-state index contributed by atoms with van der Waals surface area (Å²) >= 11 is 0. The lowest BCUT2D eigenvalue weighted by Crippen LogP contribution is -2.50. The Labute approximate surface area is 119 Å². The normalized spacial score (nSPS) is 17.6. The number of amides is 2. The molecule has 0 aromatic heterocycles. The fourth-order valence-corrected chi connectivity index (χ4v) is 2.27. The van der Waals surface area contributed by atoms with Crippen LogP contribution in [0.4, 0.5) is 4.79 Å². The number of carbonyl (C=O) groups excluding carboxylic acids is 1. The fraction of sp³-hybridized carbons (Fsp3) is 0.846. The highest BCUT2D eigenvalue weighted by molar-refractivity contribution is 5.74. The number of carboxylic acid groups (broad SMARTS) is 1. The van der Waals surface area contributed by atoms with E-state index in [1.807, 2.05) is 0 Å². The topological polar surface area (TPSA) is 90.3 Å². The van der Waals surface area contributed by atoms with Crippen LogP contribution >= 0.6 is 0 Å². The van der Waals surface area contributed by atoms with Crippen molar-refractivity contribution in [1.29, 1.82) is 0 Å². The zero-order chi connectivity index (χ0) is 15.2. The minimum absolute atomic E-state index is 0.0443. The molecule has 2 amide bonds. The Morgan fingerprint density at radius 1 is 1.20 bits per heavy atom. The number of aliphatic carboxylic acids is 1. The van der Waals surface area contributed by atoms with Crippen molar-refractivity contribution < 1.29 is 24.5 Å². The summed E-state index contributed by atoms with van der Waals surface area (Å²) in [7, 11) is 3.28. The zero-order valence-corrected chi connectivity index (χ0v) is 12.2. The number of urea groups is 1. The van der Waals surface area contributed by atoms with Crippen LogP contribution in [0, 0.1) is 0 Å². The van der Waals surface area contributed by atoms with Gasteiger partial charge in [-0.2, -0.15) is 0 Å². The van der Waals surface area contributed by atoms with Crippen LogP contribution in [0.15, 0.2) is 0 Å². The molecule has 1 aliphatic heterocycles. The molecule has 0 spiro atoms. The van der Waals surface area contributed by atoms with Crippen LogP contribution in [-0.4, -0.2) is 78.0 Å². The van der Waals surface area contributed by atoms with E-state index in [0.29, 0.717) is 39.0 Å². The summed E-state index contributed by atoms with van der Waals surface area (Å²) in [5, 5.41) is 18.9. The van der Waals surface area contributed by atoms with Gasteiger partial charge < -0.3 is 24.7 Å². The van der Waals surface area contributed by atoms with E-state index in [1.54, 1.807) is 14.1 Å². The molecule has 0 saturated carbocycles. The van der Waals surface area contributed by atoms with Gasteiger partial charge in [0.2, 0.25) is 0 Å². The van der Waals surface area contributed by atoms with Crippen LogP contribution in [0.5, 0.6) is 0 Å². The number of carbonyl (C=O) groups is 2. The smallest absolute Gasteiger partial charge is 0.319 e. The average molecular weight is 288 g/mol. The van der Waals surface area contributed by atoms with E-state index >= 15 is 0 Å². The number of hydrogen-bond acceptors (Lipinski definition) is 4. The molecular formula is C13H24N2O5. The first kappa shape index (κ1) is 16.7. The van der Waals surface area contributed by atoms with Gasteiger partial charge in [0, 0.05) is 53.1 Å². The summed E-state index contributed by atoms with van der Waals surface area (Å²) in [6.07, 6.45) is 1.51. The molecule has 1 aliphatic rings. The van der Waals surface area contributed by atoms with Gasteiger partial charge in [-0.1, -0.05) is 0 Å². The minimum Gasteiger partial charge on any atom is -0.481 e. The van der Waals surface area contributed by atoms with E-state index < -0.39 is 11.6 Å². The molecule has 0 radical (unpaired) electrons. The first-order valence-corrected chi connectivity index (χ1v) is 6.82. The molecule has 116 valence electrons. The second kappa shape index (κ2) is 7.44. The quantitative estimate of drug-likeness (QED) is 0.737. The maximum atomic E-state index is 12.1. The molecule has 0 aromatic carbocycles. The number of nitrogens with zero attached hydrogens (tertiary/aromatic N) is 2. The van der Waals surface area contributed by atoms with E-state index in [9.17, 15) is 14.7 Å². The van der Waals surface area contributed by atoms with Gasteiger partial charge >= 0.3 is 12.0 Å². The Morgan fingerprint density at radius 2 is 1.80 bits per heavy atom. The van der Waals surface area contributed by atoms with Gasteiger partial charge in [-0.25, -0.2) is 4.79 Å². The molecule has 1 fully saturated rings. The van der Waals surface area contributed by atoms with E-state index in [2.05, 4.69) is 0 Å². The molecule has 7 heteroatoms. The fourth-order valence-electron chi connectivity index (χ4n) is 2.27. The van der Waals surface area contributed by atoms with Crippen LogP contribution < -0.4 is 0 Å². The average Bonchev–Trinajstić information content (AvgIpc) is 2.37. The molecule has 1 rings (SSSR count). The van der Waals surface area contributed by atoms with Gasteiger partial charge in [0.05, 0.1) is 12.1 Å². The molecule has 0 aliphatic carbocycles. The van der Waals surface area contributed by atoms with Gasteiger partial charge in [0.15, 0.2) is 0 Å². The molecule has 0 aromatic rings. The lowest BCUT2D eigenvalue weighted by Gasteiger charge is -2.36. The zero-order valence-electron chi connectivity index (χ0n) is 12.2. The second-order valence-electron chi connectivity index (χ2n) is 5.39. The molecule has 20 heavy (non-hydrogen) atoms. The van der Waals surface area contributed by atoms with E-state index in [4.69, 9.17) is 9.84 Å². The summed E-state index contributed by atoms with van der Waals surface area (Å²) in [5.74, 6) is -0.865. The minimum atomic E-state index is -0.884. The van der Waals surface area contributed by atoms with Crippen molar-refractivity contribution in [2.24, 2.45) is 0 Å². The van der Waals surface area contributed by atoms with Crippen molar-refractivity contribution in [1.82, 2.24) is 9.80 Å². The number of aliphatic hydroxyl groups is 1. The van der Waals surface area contributed by atoms with Gasteiger partial charge in [-0.3, -0.25) is 4.79 Å². The van der Waals surface area contributed by atoms with Crippen LogP contribution in [0.2, 0.25) is 0 Å². The second-order valence-corrected chi connectivity index (χ2v) is 5.39. The van der Waals surface area contributed by atoms with E-state index in [1.165, 1.54) is 9.80 Å². The Kier molecular flexibility index (Phi) is 6.22. The number of likely N-dealkylation sites (N-methyl/N-ethyl adjacent to an activating group) is 1. The highest BCUT2D eigenvalue weighted by atomic mass is 16.5. The van der Waals surface area contributed by atoms with Crippen molar-refractivity contribution >= 4 is 12.0 Å². The third-order valence-electron chi connectivity index (χ3n) is 3.49. The molecule has 0 unspecified atom stereocenters. The third kappa shape index (κ3) is 5.34. The summed E-state index contributed by atoms with van der Waals surface area (Å²) in [6, 6.07) is -0.213. The number of carboxylic acids is 1. The molecule has 7 nitrogen and oxygen atoms in total. The first-order chi connectivity index (χ1) is 9.34. The highest BCUT2D eigenvalue weighted by Crippen LogP contribution is 2.21. The third-order valence-corrected chi connectivity index (χ3v) is 3.49. The van der Waals surface area contributed by atoms with E-state index in [-0.39, 0.29) is 19.0 Å². The van der Waals surface area contributed by atoms with Crippen LogP contribution in [0.3, 0.4) is 0 Å². The molecule has 1 saturated heterocycles. The lowest BCUT2D eigenvalue weighted by atomic mass is 9.94. The predicted octanol–water partition coefficient (Wildman–Crippen LogP) is 0.376. The monoisotopic (exact) mass is 288 g/mol. The first-order valence-electron chi connectivity index (χ1n) is 6.82.